The van der Waals surface area contributed by atoms with Crippen LogP contribution in [0.25, 0.3) is 0 Å². The molecule has 0 aliphatic heterocycles. The summed E-state index contributed by atoms with van der Waals surface area (Å²) < 4.78 is 32.3. The molecule has 112 valence electrons. The Hall–Kier alpha value is -1.99. The lowest BCUT2D eigenvalue weighted by molar-refractivity contribution is 0.331. The Morgan fingerprint density at radius 3 is 2.81 bits per heavy atom. The van der Waals surface area contributed by atoms with E-state index in [-0.39, 0.29) is 27.2 Å². The van der Waals surface area contributed by atoms with Crippen molar-refractivity contribution in [2.45, 2.75) is 11.8 Å². The second-order valence-electron chi connectivity index (χ2n) is 4.00. The van der Waals surface area contributed by atoms with Gasteiger partial charge in [-0.2, -0.15) is 0 Å². The van der Waals surface area contributed by atoms with Gasteiger partial charge in [0.2, 0.25) is 0 Å². The summed E-state index contributed by atoms with van der Waals surface area (Å²) in [5.41, 5.74) is 0. The highest BCUT2D eigenvalue weighted by atomic mass is 35.5. The third-order valence-electron chi connectivity index (χ3n) is 2.51. The summed E-state index contributed by atoms with van der Waals surface area (Å²) in [6.45, 7) is 2.04. The summed E-state index contributed by atoms with van der Waals surface area (Å²) in [5, 5.41) is 9.86. The second-order valence-corrected chi connectivity index (χ2v) is 6.09. The van der Waals surface area contributed by atoms with Gasteiger partial charge in [0, 0.05) is 11.2 Å². The lowest BCUT2D eigenvalue weighted by Crippen LogP contribution is -2.15. The monoisotopic (exact) mass is 328 g/mol. The van der Waals surface area contributed by atoms with E-state index in [0.717, 1.165) is 0 Å². The number of rotatable bonds is 5. The Kier molecular flexibility index (Phi) is 4.54. The highest BCUT2D eigenvalue weighted by molar-refractivity contribution is 7.92. The number of aromatic nitrogens is 1. The molecule has 0 bridgehead atoms. The molecule has 0 aliphatic rings. The van der Waals surface area contributed by atoms with E-state index in [9.17, 15) is 13.5 Å². The largest absolute Gasteiger partial charge is 0.504 e. The van der Waals surface area contributed by atoms with Gasteiger partial charge in [-0.3, -0.25) is 4.72 Å². The first-order valence-corrected chi connectivity index (χ1v) is 7.89. The lowest BCUT2D eigenvalue weighted by Gasteiger charge is -2.13. The molecule has 0 atom stereocenters. The molecule has 0 spiro atoms. The Morgan fingerprint density at radius 1 is 1.38 bits per heavy atom. The predicted octanol–water partition coefficient (Wildman–Crippen LogP) is 2.64. The van der Waals surface area contributed by atoms with E-state index in [1.54, 1.807) is 6.92 Å². The minimum Gasteiger partial charge on any atom is -0.504 e. The van der Waals surface area contributed by atoms with Gasteiger partial charge in [0.05, 0.1) is 6.61 Å². The average molecular weight is 329 g/mol. The van der Waals surface area contributed by atoms with Gasteiger partial charge in [-0.25, -0.2) is 13.4 Å². The molecule has 2 rings (SSSR count). The predicted molar refractivity (Wildman–Crippen MR) is 79.3 cm³/mol. The molecule has 0 radical (unpaired) electrons. The van der Waals surface area contributed by atoms with Gasteiger partial charge in [-0.05, 0) is 37.3 Å². The third-order valence-corrected chi connectivity index (χ3v) is 4.11. The smallest absolute Gasteiger partial charge is 0.266 e. The Labute approximate surface area is 127 Å². The molecule has 2 aromatic rings. The molecule has 0 unspecified atom stereocenters. The minimum atomic E-state index is -3.99. The standard InChI is InChI=1S/C13H13ClN2O4S/c1-2-20-11-6-5-9(14)8-12(11)21(18,19)16-13-10(17)4-3-7-15-13/h3-8,17H,2H2,1H3,(H,15,16). The van der Waals surface area contributed by atoms with Gasteiger partial charge in [-0.15, -0.1) is 0 Å². The number of hydrogen-bond acceptors (Lipinski definition) is 5. The van der Waals surface area contributed by atoms with E-state index >= 15 is 0 Å². The lowest BCUT2D eigenvalue weighted by atomic mass is 10.3. The molecule has 0 saturated carbocycles. The van der Waals surface area contributed by atoms with Crippen LogP contribution in [0, 0.1) is 0 Å². The topological polar surface area (TPSA) is 88.5 Å². The number of nitrogens with zero attached hydrogens (tertiary/aromatic N) is 1. The van der Waals surface area contributed by atoms with Crippen LogP contribution in [-0.2, 0) is 10.0 Å². The van der Waals surface area contributed by atoms with E-state index in [1.807, 2.05) is 0 Å². The number of hydrogen-bond donors (Lipinski definition) is 2. The quantitative estimate of drug-likeness (QED) is 0.880. The summed E-state index contributed by atoms with van der Waals surface area (Å²) in [6.07, 6.45) is 1.36. The maximum atomic E-state index is 12.4. The van der Waals surface area contributed by atoms with Gasteiger partial charge < -0.3 is 9.84 Å². The highest BCUT2D eigenvalue weighted by Crippen LogP contribution is 2.30. The fraction of sp³-hybridized carbons (Fsp3) is 0.154. The molecule has 0 fully saturated rings. The van der Waals surface area contributed by atoms with E-state index < -0.39 is 10.0 Å². The number of aromatic hydroxyl groups is 1. The molecule has 8 heteroatoms. The molecule has 1 aromatic heterocycles. The number of nitrogens with one attached hydrogen (secondary N) is 1. The first-order valence-electron chi connectivity index (χ1n) is 6.03. The van der Waals surface area contributed by atoms with E-state index in [4.69, 9.17) is 16.3 Å². The van der Waals surface area contributed by atoms with Crippen LogP contribution in [0.5, 0.6) is 11.5 Å². The van der Waals surface area contributed by atoms with Crippen LogP contribution in [-0.4, -0.2) is 25.1 Å². The number of benzene rings is 1. The van der Waals surface area contributed by atoms with Crippen molar-refractivity contribution < 1.29 is 18.3 Å². The molecule has 1 aromatic carbocycles. The number of anilines is 1. The summed E-state index contributed by atoms with van der Waals surface area (Å²) in [5.74, 6) is -0.272. The first kappa shape index (κ1) is 15.4. The van der Waals surface area contributed by atoms with E-state index in [0.29, 0.717) is 6.61 Å². The maximum Gasteiger partial charge on any atom is 0.266 e. The molecular formula is C13H13ClN2O4S. The van der Waals surface area contributed by atoms with Crippen LogP contribution in [0.4, 0.5) is 5.82 Å². The fourth-order valence-corrected chi connectivity index (χ4v) is 3.06. The van der Waals surface area contributed by atoms with Gasteiger partial charge >= 0.3 is 0 Å². The van der Waals surface area contributed by atoms with Crippen LogP contribution in [0.3, 0.4) is 0 Å². The van der Waals surface area contributed by atoms with E-state index in [2.05, 4.69) is 9.71 Å². The minimum absolute atomic E-state index is 0.123. The van der Waals surface area contributed by atoms with Crippen LogP contribution >= 0.6 is 11.6 Å². The van der Waals surface area contributed by atoms with Crippen molar-refractivity contribution in [2.75, 3.05) is 11.3 Å². The number of pyridine rings is 1. The highest BCUT2D eigenvalue weighted by Gasteiger charge is 2.22. The normalized spacial score (nSPS) is 11.1. The zero-order valence-corrected chi connectivity index (χ0v) is 12.6. The zero-order valence-electron chi connectivity index (χ0n) is 11.1. The number of ether oxygens (including phenoxy) is 1. The van der Waals surface area contributed by atoms with E-state index in [1.165, 1.54) is 36.5 Å². The van der Waals surface area contributed by atoms with Crippen molar-refractivity contribution in [1.29, 1.82) is 0 Å². The summed E-state index contributed by atoms with van der Waals surface area (Å²) >= 11 is 5.84. The number of halogens is 1. The van der Waals surface area contributed by atoms with Gasteiger partial charge in [0.15, 0.2) is 11.6 Å². The van der Waals surface area contributed by atoms with Gasteiger partial charge in [0.25, 0.3) is 10.0 Å². The molecule has 6 nitrogen and oxygen atoms in total. The summed E-state index contributed by atoms with van der Waals surface area (Å²) in [6, 6.07) is 7.09. The molecule has 0 amide bonds. The molecule has 0 saturated heterocycles. The maximum absolute atomic E-state index is 12.4. The summed E-state index contributed by atoms with van der Waals surface area (Å²) in [4.78, 5) is 3.65. The second kappa shape index (κ2) is 6.19. The van der Waals surface area contributed by atoms with Crippen LogP contribution < -0.4 is 9.46 Å². The molecule has 21 heavy (non-hydrogen) atoms. The fourth-order valence-electron chi connectivity index (χ4n) is 1.62. The van der Waals surface area contributed by atoms with Crippen molar-refractivity contribution in [2.24, 2.45) is 0 Å². The van der Waals surface area contributed by atoms with Crippen LogP contribution in [0.15, 0.2) is 41.4 Å². The number of sulfonamides is 1. The van der Waals surface area contributed by atoms with Crippen molar-refractivity contribution in [3.8, 4) is 11.5 Å². The Balaban J connectivity index is 2.44. The molecular weight excluding hydrogens is 316 g/mol. The van der Waals surface area contributed by atoms with Crippen molar-refractivity contribution in [3.05, 3.63) is 41.6 Å². The molecule has 0 aliphatic carbocycles. The Morgan fingerprint density at radius 2 is 2.14 bits per heavy atom. The van der Waals surface area contributed by atoms with Crippen LogP contribution in [0.1, 0.15) is 6.92 Å². The average Bonchev–Trinajstić information content (AvgIpc) is 2.43. The van der Waals surface area contributed by atoms with Crippen molar-refractivity contribution >= 4 is 27.4 Å². The van der Waals surface area contributed by atoms with Crippen molar-refractivity contribution in [3.63, 3.8) is 0 Å². The summed E-state index contributed by atoms with van der Waals surface area (Å²) in [7, 11) is -3.99. The third kappa shape index (κ3) is 3.56. The Bertz CT molecular complexity index is 750. The molecule has 2 N–H and O–H groups in total. The zero-order chi connectivity index (χ0) is 15.5. The SMILES string of the molecule is CCOc1ccc(Cl)cc1S(=O)(=O)Nc1ncccc1O. The van der Waals surface area contributed by atoms with Crippen molar-refractivity contribution in [1.82, 2.24) is 4.98 Å². The molecule has 1 heterocycles. The van der Waals surface area contributed by atoms with Gasteiger partial charge in [0.1, 0.15) is 10.6 Å². The van der Waals surface area contributed by atoms with Gasteiger partial charge in [-0.1, -0.05) is 11.6 Å². The van der Waals surface area contributed by atoms with Crippen LogP contribution in [0.2, 0.25) is 5.02 Å². The first-order chi connectivity index (χ1) is 9.94.